The molecule has 2 aromatic carbocycles. The summed E-state index contributed by atoms with van der Waals surface area (Å²) in [6.45, 7) is 1.99. The van der Waals surface area contributed by atoms with Crippen LogP contribution in [0.3, 0.4) is 0 Å². The monoisotopic (exact) mass is 357 g/mol. The van der Waals surface area contributed by atoms with Gasteiger partial charge in [0.25, 0.3) is 5.56 Å². The lowest BCUT2D eigenvalue weighted by Crippen LogP contribution is -2.36. The number of rotatable bonds is 6. The molecule has 0 fully saturated rings. The molecule has 5 nitrogen and oxygen atoms in total. The van der Waals surface area contributed by atoms with E-state index in [4.69, 9.17) is 11.6 Å². The van der Waals surface area contributed by atoms with Crippen LogP contribution >= 0.6 is 11.6 Å². The van der Waals surface area contributed by atoms with E-state index in [9.17, 15) is 9.59 Å². The van der Waals surface area contributed by atoms with Crippen LogP contribution in [0.4, 0.5) is 0 Å². The number of hydrogen-bond acceptors (Lipinski definition) is 3. The van der Waals surface area contributed by atoms with Crippen molar-refractivity contribution in [2.45, 2.75) is 19.5 Å². The maximum absolute atomic E-state index is 12.5. The highest BCUT2D eigenvalue weighted by atomic mass is 35.5. The molecule has 0 saturated carbocycles. The quantitative estimate of drug-likeness (QED) is 0.738. The Morgan fingerprint density at radius 3 is 2.64 bits per heavy atom. The Kier molecular flexibility index (Phi) is 5.36. The molecule has 0 aliphatic carbocycles. The SMILES string of the molecule is CN(CCCn1c(=O)[nH]c2ccc(Cl)cc2c1=O)Cc1ccccc1. The number of nitrogens with zero attached hydrogens (tertiary/aromatic N) is 2. The van der Waals surface area contributed by atoms with E-state index in [1.807, 2.05) is 25.2 Å². The lowest BCUT2D eigenvalue weighted by Gasteiger charge is -2.16. The van der Waals surface area contributed by atoms with Crippen LogP contribution < -0.4 is 11.2 Å². The molecule has 0 saturated heterocycles. The molecule has 25 heavy (non-hydrogen) atoms. The molecular weight excluding hydrogens is 338 g/mol. The molecule has 3 rings (SSSR count). The molecule has 0 aliphatic heterocycles. The van der Waals surface area contributed by atoms with E-state index in [0.717, 1.165) is 13.1 Å². The Morgan fingerprint density at radius 1 is 1.12 bits per heavy atom. The first-order valence-corrected chi connectivity index (χ1v) is 8.57. The summed E-state index contributed by atoms with van der Waals surface area (Å²) in [5.41, 5.74) is 1.06. The van der Waals surface area contributed by atoms with E-state index in [2.05, 4.69) is 22.0 Å². The van der Waals surface area contributed by atoms with Gasteiger partial charge in [-0.1, -0.05) is 41.9 Å². The van der Waals surface area contributed by atoms with E-state index in [1.54, 1.807) is 18.2 Å². The van der Waals surface area contributed by atoms with Crippen LogP contribution in [0.1, 0.15) is 12.0 Å². The van der Waals surface area contributed by atoms with Gasteiger partial charge in [0.15, 0.2) is 0 Å². The van der Waals surface area contributed by atoms with Gasteiger partial charge in [-0.3, -0.25) is 9.36 Å². The minimum Gasteiger partial charge on any atom is -0.307 e. The van der Waals surface area contributed by atoms with Gasteiger partial charge in [-0.15, -0.1) is 0 Å². The number of hydrogen-bond donors (Lipinski definition) is 1. The van der Waals surface area contributed by atoms with Gasteiger partial charge in [0.1, 0.15) is 0 Å². The largest absolute Gasteiger partial charge is 0.328 e. The van der Waals surface area contributed by atoms with E-state index in [1.165, 1.54) is 10.1 Å². The number of H-pyrrole nitrogens is 1. The van der Waals surface area contributed by atoms with Crippen molar-refractivity contribution < 1.29 is 0 Å². The van der Waals surface area contributed by atoms with Gasteiger partial charge in [-0.25, -0.2) is 4.79 Å². The maximum Gasteiger partial charge on any atom is 0.328 e. The molecular formula is C19H20ClN3O2. The molecule has 1 aromatic heterocycles. The summed E-state index contributed by atoms with van der Waals surface area (Å²) < 4.78 is 1.25. The standard InChI is InChI=1S/C19H20ClN3O2/c1-22(13-14-6-3-2-4-7-14)10-5-11-23-18(24)16-12-15(20)8-9-17(16)21-19(23)25/h2-4,6-9,12H,5,10-11,13H2,1H3,(H,21,25). The van der Waals surface area contributed by atoms with Crippen molar-refractivity contribution in [1.29, 1.82) is 0 Å². The number of fused-ring (bicyclic) bond motifs is 1. The van der Waals surface area contributed by atoms with Crippen LogP contribution in [0.2, 0.25) is 5.02 Å². The van der Waals surface area contributed by atoms with Crippen molar-refractivity contribution in [3.8, 4) is 0 Å². The second kappa shape index (κ2) is 7.68. The van der Waals surface area contributed by atoms with Gasteiger partial charge in [-0.2, -0.15) is 0 Å². The fourth-order valence-corrected chi connectivity index (χ4v) is 3.07. The highest BCUT2D eigenvalue weighted by Gasteiger charge is 2.08. The third kappa shape index (κ3) is 4.18. The third-order valence-electron chi connectivity index (χ3n) is 4.16. The van der Waals surface area contributed by atoms with E-state index in [-0.39, 0.29) is 11.2 Å². The first-order chi connectivity index (χ1) is 12.0. The van der Waals surface area contributed by atoms with Crippen LogP contribution in [0.5, 0.6) is 0 Å². The van der Waals surface area contributed by atoms with Crippen molar-refractivity contribution in [2.24, 2.45) is 0 Å². The predicted octanol–water partition coefficient (Wildman–Crippen LogP) is 2.87. The zero-order valence-electron chi connectivity index (χ0n) is 14.0. The topological polar surface area (TPSA) is 58.1 Å². The van der Waals surface area contributed by atoms with Crippen LogP contribution in [-0.4, -0.2) is 28.0 Å². The molecule has 6 heteroatoms. The third-order valence-corrected chi connectivity index (χ3v) is 4.40. The number of halogens is 1. The molecule has 130 valence electrons. The van der Waals surface area contributed by atoms with Gasteiger partial charge in [0.2, 0.25) is 0 Å². The Morgan fingerprint density at radius 2 is 1.88 bits per heavy atom. The first kappa shape index (κ1) is 17.5. The summed E-state index contributed by atoms with van der Waals surface area (Å²) in [6.07, 6.45) is 0.707. The van der Waals surface area contributed by atoms with Crippen molar-refractivity contribution in [1.82, 2.24) is 14.5 Å². The van der Waals surface area contributed by atoms with Crippen LogP contribution in [0.25, 0.3) is 10.9 Å². The van der Waals surface area contributed by atoms with Crippen LogP contribution in [0, 0.1) is 0 Å². The minimum absolute atomic E-state index is 0.299. The summed E-state index contributed by atoms with van der Waals surface area (Å²) in [5.74, 6) is 0. The average Bonchev–Trinajstić information content (AvgIpc) is 2.59. The smallest absolute Gasteiger partial charge is 0.307 e. The molecule has 0 unspecified atom stereocenters. The van der Waals surface area contributed by atoms with Crippen LogP contribution in [0.15, 0.2) is 58.1 Å². The highest BCUT2D eigenvalue weighted by molar-refractivity contribution is 6.31. The van der Waals surface area contributed by atoms with Crippen molar-refractivity contribution in [3.63, 3.8) is 0 Å². The number of aromatic nitrogens is 2. The molecule has 1 heterocycles. The maximum atomic E-state index is 12.5. The predicted molar refractivity (Wildman–Crippen MR) is 101 cm³/mol. The normalized spacial score (nSPS) is 11.3. The second-order valence-electron chi connectivity index (χ2n) is 6.15. The van der Waals surface area contributed by atoms with Crippen LogP contribution in [-0.2, 0) is 13.1 Å². The zero-order valence-corrected chi connectivity index (χ0v) is 14.8. The first-order valence-electron chi connectivity index (χ1n) is 8.19. The lowest BCUT2D eigenvalue weighted by molar-refractivity contribution is 0.312. The molecule has 0 atom stereocenters. The van der Waals surface area contributed by atoms with Gasteiger partial charge in [-0.05, 0) is 43.8 Å². The van der Waals surface area contributed by atoms with Crippen molar-refractivity contribution in [3.05, 3.63) is 80.0 Å². The summed E-state index contributed by atoms with van der Waals surface area (Å²) in [5, 5.41) is 0.913. The summed E-state index contributed by atoms with van der Waals surface area (Å²) >= 11 is 5.96. The summed E-state index contributed by atoms with van der Waals surface area (Å²) in [6, 6.07) is 15.1. The lowest BCUT2D eigenvalue weighted by atomic mass is 10.2. The minimum atomic E-state index is -0.384. The number of aromatic amines is 1. The number of benzene rings is 2. The highest BCUT2D eigenvalue weighted by Crippen LogP contribution is 2.13. The van der Waals surface area contributed by atoms with Gasteiger partial charge < -0.3 is 9.88 Å². The average molecular weight is 358 g/mol. The fourth-order valence-electron chi connectivity index (χ4n) is 2.90. The van der Waals surface area contributed by atoms with E-state index < -0.39 is 0 Å². The van der Waals surface area contributed by atoms with E-state index in [0.29, 0.717) is 28.9 Å². The Balaban J connectivity index is 1.69. The van der Waals surface area contributed by atoms with Gasteiger partial charge in [0.05, 0.1) is 10.9 Å². The Hall–Kier alpha value is -2.37. The Bertz CT molecular complexity index is 979. The summed E-state index contributed by atoms with van der Waals surface area (Å²) in [4.78, 5) is 29.6. The van der Waals surface area contributed by atoms with Gasteiger partial charge >= 0.3 is 5.69 Å². The van der Waals surface area contributed by atoms with Crippen molar-refractivity contribution >= 4 is 22.5 Å². The Labute approximate surface area is 150 Å². The second-order valence-corrected chi connectivity index (χ2v) is 6.59. The molecule has 0 radical (unpaired) electrons. The van der Waals surface area contributed by atoms with E-state index >= 15 is 0 Å². The van der Waals surface area contributed by atoms with Gasteiger partial charge in [0, 0.05) is 18.1 Å². The molecule has 0 spiro atoms. The molecule has 0 amide bonds. The zero-order chi connectivity index (χ0) is 17.8. The summed E-state index contributed by atoms with van der Waals surface area (Å²) in [7, 11) is 2.03. The van der Waals surface area contributed by atoms with Crippen molar-refractivity contribution in [2.75, 3.05) is 13.6 Å². The number of nitrogens with one attached hydrogen (secondary N) is 1. The fraction of sp³-hybridized carbons (Fsp3) is 0.263. The molecule has 0 aliphatic rings. The molecule has 1 N–H and O–H groups in total. The molecule has 0 bridgehead atoms. The molecule has 3 aromatic rings.